The highest BCUT2D eigenvalue weighted by atomic mass is 19.4. The fraction of sp³-hybridized carbons (Fsp3) is 0.625. The Morgan fingerprint density at radius 2 is 1.76 bits per heavy atom. The van der Waals surface area contributed by atoms with Crippen LogP contribution in [0, 0.1) is 5.92 Å². The van der Waals surface area contributed by atoms with Crippen LogP contribution in [0.5, 0.6) is 0 Å². The summed E-state index contributed by atoms with van der Waals surface area (Å²) < 4.78 is 37.3. The maximum Gasteiger partial charge on any atom is 0.416 e. The van der Waals surface area contributed by atoms with Gasteiger partial charge < -0.3 is 10.4 Å². The van der Waals surface area contributed by atoms with Crippen LogP contribution in [-0.2, 0) is 12.7 Å². The zero-order valence-corrected chi connectivity index (χ0v) is 12.0. The van der Waals surface area contributed by atoms with Gasteiger partial charge in [0.25, 0.3) is 0 Å². The van der Waals surface area contributed by atoms with Gasteiger partial charge in [-0.25, -0.2) is 0 Å². The van der Waals surface area contributed by atoms with Crippen molar-refractivity contribution in [3.63, 3.8) is 0 Å². The molecular formula is C16H22F3NO. The third-order valence-electron chi connectivity index (χ3n) is 4.07. The second-order valence-corrected chi connectivity index (χ2v) is 5.87. The van der Waals surface area contributed by atoms with Gasteiger partial charge in [0.05, 0.1) is 11.7 Å². The Bertz CT molecular complexity index is 424. The van der Waals surface area contributed by atoms with Gasteiger partial charge in [0, 0.05) is 13.1 Å². The van der Waals surface area contributed by atoms with Crippen molar-refractivity contribution in [2.45, 2.75) is 50.9 Å². The van der Waals surface area contributed by atoms with Gasteiger partial charge in [-0.2, -0.15) is 13.2 Å². The Balaban J connectivity index is 1.70. The Labute approximate surface area is 123 Å². The first kappa shape index (κ1) is 16.3. The number of hydrogen-bond acceptors (Lipinski definition) is 2. The van der Waals surface area contributed by atoms with Crippen LogP contribution in [0.25, 0.3) is 0 Å². The molecule has 0 aliphatic heterocycles. The first-order chi connectivity index (χ1) is 9.95. The topological polar surface area (TPSA) is 32.3 Å². The van der Waals surface area contributed by atoms with E-state index in [1.54, 1.807) is 0 Å². The molecule has 1 aliphatic carbocycles. The van der Waals surface area contributed by atoms with Crippen molar-refractivity contribution in [1.29, 1.82) is 0 Å². The number of halogens is 3. The largest absolute Gasteiger partial charge is 0.416 e. The van der Waals surface area contributed by atoms with E-state index in [0.717, 1.165) is 24.1 Å². The third-order valence-corrected chi connectivity index (χ3v) is 4.07. The van der Waals surface area contributed by atoms with Crippen LogP contribution >= 0.6 is 0 Å². The summed E-state index contributed by atoms with van der Waals surface area (Å²) in [5.41, 5.74) is 0.156. The second kappa shape index (κ2) is 7.27. The highest BCUT2D eigenvalue weighted by molar-refractivity contribution is 5.24. The van der Waals surface area contributed by atoms with Crippen molar-refractivity contribution in [3.8, 4) is 0 Å². The summed E-state index contributed by atoms with van der Waals surface area (Å²) >= 11 is 0. The summed E-state index contributed by atoms with van der Waals surface area (Å²) in [6.07, 6.45) is 1.09. The number of alkyl halides is 3. The van der Waals surface area contributed by atoms with Gasteiger partial charge in [0.2, 0.25) is 0 Å². The Morgan fingerprint density at radius 1 is 1.14 bits per heavy atom. The van der Waals surface area contributed by atoms with E-state index in [9.17, 15) is 18.3 Å². The van der Waals surface area contributed by atoms with Crippen LogP contribution < -0.4 is 5.32 Å². The molecular weight excluding hydrogens is 279 g/mol. The van der Waals surface area contributed by atoms with E-state index >= 15 is 0 Å². The van der Waals surface area contributed by atoms with Crippen molar-refractivity contribution in [2.24, 2.45) is 5.92 Å². The lowest BCUT2D eigenvalue weighted by atomic mass is 10.00. The van der Waals surface area contributed by atoms with Crippen molar-refractivity contribution < 1.29 is 18.3 Å². The van der Waals surface area contributed by atoms with Gasteiger partial charge in [0.1, 0.15) is 0 Å². The highest BCUT2D eigenvalue weighted by Gasteiger charge is 2.29. The lowest BCUT2D eigenvalue weighted by Gasteiger charge is -2.16. The molecule has 5 heteroatoms. The SMILES string of the molecule is OC(CNCc1ccc(C(F)(F)F)cc1)CC1CCCC1. The highest BCUT2D eigenvalue weighted by Crippen LogP contribution is 2.29. The predicted molar refractivity (Wildman–Crippen MR) is 75.7 cm³/mol. The number of nitrogens with one attached hydrogen (secondary N) is 1. The Morgan fingerprint density at radius 3 is 2.33 bits per heavy atom. The lowest BCUT2D eigenvalue weighted by Crippen LogP contribution is -2.27. The van der Waals surface area contributed by atoms with E-state index in [2.05, 4.69) is 5.32 Å². The minimum atomic E-state index is -4.29. The number of aliphatic hydroxyl groups excluding tert-OH is 1. The number of benzene rings is 1. The summed E-state index contributed by atoms with van der Waals surface area (Å²) in [6.45, 7) is 0.956. The monoisotopic (exact) mass is 301 g/mol. The molecule has 0 amide bonds. The first-order valence-corrected chi connectivity index (χ1v) is 7.50. The normalized spacial score (nSPS) is 18.1. The van der Waals surface area contributed by atoms with E-state index in [4.69, 9.17) is 0 Å². The second-order valence-electron chi connectivity index (χ2n) is 5.87. The van der Waals surface area contributed by atoms with E-state index in [1.807, 2.05) is 0 Å². The number of aliphatic hydroxyl groups is 1. The summed E-state index contributed by atoms with van der Waals surface area (Å²) in [4.78, 5) is 0. The van der Waals surface area contributed by atoms with E-state index < -0.39 is 11.7 Å². The zero-order valence-electron chi connectivity index (χ0n) is 12.0. The quantitative estimate of drug-likeness (QED) is 0.839. The molecule has 1 saturated carbocycles. The fourth-order valence-corrected chi connectivity index (χ4v) is 2.91. The molecule has 2 N–H and O–H groups in total. The molecule has 2 nitrogen and oxygen atoms in total. The molecule has 0 bridgehead atoms. The average Bonchev–Trinajstić information content (AvgIpc) is 2.91. The molecule has 1 aromatic rings. The number of rotatable bonds is 6. The lowest BCUT2D eigenvalue weighted by molar-refractivity contribution is -0.137. The smallest absolute Gasteiger partial charge is 0.392 e. The summed E-state index contributed by atoms with van der Waals surface area (Å²) in [7, 11) is 0. The Kier molecular flexibility index (Phi) is 5.65. The van der Waals surface area contributed by atoms with Crippen LogP contribution in [0.3, 0.4) is 0 Å². The van der Waals surface area contributed by atoms with Gasteiger partial charge in [0.15, 0.2) is 0 Å². The molecule has 1 aliphatic rings. The maximum atomic E-state index is 12.4. The fourth-order valence-electron chi connectivity index (χ4n) is 2.91. The molecule has 0 saturated heterocycles. The standard InChI is InChI=1S/C16H22F3NO/c17-16(18,19)14-7-5-13(6-8-14)10-20-11-15(21)9-12-3-1-2-4-12/h5-8,12,15,20-21H,1-4,9-11H2. The van der Waals surface area contributed by atoms with Gasteiger partial charge in [-0.05, 0) is 30.0 Å². The molecule has 1 fully saturated rings. The number of hydrogen-bond donors (Lipinski definition) is 2. The van der Waals surface area contributed by atoms with Gasteiger partial charge in [-0.1, -0.05) is 37.8 Å². The third kappa shape index (κ3) is 5.32. The molecule has 0 heterocycles. The van der Waals surface area contributed by atoms with Crippen LogP contribution in [-0.4, -0.2) is 17.8 Å². The van der Waals surface area contributed by atoms with Gasteiger partial charge >= 0.3 is 6.18 Å². The molecule has 1 atom stereocenters. The average molecular weight is 301 g/mol. The molecule has 0 aromatic heterocycles. The summed E-state index contributed by atoms with van der Waals surface area (Å²) in [5.74, 6) is 0.632. The molecule has 1 aromatic carbocycles. The van der Waals surface area contributed by atoms with Crippen molar-refractivity contribution in [3.05, 3.63) is 35.4 Å². The van der Waals surface area contributed by atoms with E-state index in [1.165, 1.54) is 37.8 Å². The molecule has 1 unspecified atom stereocenters. The minimum Gasteiger partial charge on any atom is -0.392 e. The van der Waals surface area contributed by atoms with Crippen LogP contribution in [0.15, 0.2) is 24.3 Å². The predicted octanol–water partition coefficient (Wildman–Crippen LogP) is 3.74. The summed E-state index contributed by atoms with van der Waals surface area (Å²) in [6, 6.07) is 5.12. The molecule has 2 rings (SSSR count). The van der Waals surface area contributed by atoms with Gasteiger partial charge in [-0.3, -0.25) is 0 Å². The van der Waals surface area contributed by atoms with Crippen molar-refractivity contribution >= 4 is 0 Å². The molecule has 118 valence electrons. The van der Waals surface area contributed by atoms with Crippen molar-refractivity contribution in [1.82, 2.24) is 5.32 Å². The minimum absolute atomic E-state index is 0.373. The van der Waals surface area contributed by atoms with Crippen molar-refractivity contribution in [2.75, 3.05) is 6.54 Å². The zero-order chi connectivity index (χ0) is 15.3. The molecule has 0 spiro atoms. The Hall–Kier alpha value is -1.07. The molecule has 0 radical (unpaired) electrons. The summed E-state index contributed by atoms with van der Waals surface area (Å²) in [5, 5.41) is 13.0. The molecule has 21 heavy (non-hydrogen) atoms. The maximum absolute atomic E-state index is 12.4. The van der Waals surface area contributed by atoms with E-state index in [0.29, 0.717) is 19.0 Å². The van der Waals surface area contributed by atoms with Crippen LogP contribution in [0.1, 0.15) is 43.2 Å². The van der Waals surface area contributed by atoms with Gasteiger partial charge in [-0.15, -0.1) is 0 Å². The first-order valence-electron chi connectivity index (χ1n) is 7.50. The van der Waals surface area contributed by atoms with Crippen LogP contribution in [0.2, 0.25) is 0 Å². The van der Waals surface area contributed by atoms with E-state index in [-0.39, 0.29) is 6.10 Å². The van der Waals surface area contributed by atoms with Crippen LogP contribution in [0.4, 0.5) is 13.2 Å².